The molecular formula is C25H42O4. The molecule has 4 nitrogen and oxygen atoms in total. The van der Waals surface area contributed by atoms with E-state index in [0.29, 0.717) is 6.42 Å². The number of phenolic OH excluding ortho intramolecular Hbond substituents is 1. The molecule has 166 valence electrons. The van der Waals surface area contributed by atoms with Crippen molar-refractivity contribution in [2.24, 2.45) is 0 Å². The summed E-state index contributed by atoms with van der Waals surface area (Å²) in [6, 6.07) is 6.91. The van der Waals surface area contributed by atoms with Crippen LogP contribution in [0.25, 0.3) is 0 Å². The van der Waals surface area contributed by atoms with Gasteiger partial charge in [0, 0.05) is 6.42 Å². The van der Waals surface area contributed by atoms with Crippen molar-refractivity contribution >= 4 is 5.97 Å². The number of rotatable bonds is 16. The summed E-state index contributed by atoms with van der Waals surface area (Å²) >= 11 is 0. The van der Waals surface area contributed by atoms with E-state index in [1.165, 1.54) is 57.8 Å². The van der Waals surface area contributed by atoms with E-state index in [1.807, 2.05) is 20.8 Å². The van der Waals surface area contributed by atoms with Gasteiger partial charge in [0.1, 0.15) is 17.1 Å². The van der Waals surface area contributed by atoms with Crippen molar-refractivity contribution in [1.29, 1.82) is 0 Å². The van der Waals surface area contributed by atoms with Gasteiger partial charge in [-0.25, -0.2) is 0 Å². The summed E-state index contributed by atoms with van der Waals surface area (Å²) in [4.78, 5) is 11.6. The maximum Gasteiger partial charge on any atom is 0.306 e. The zero-order valence-corrected chi connectivity index (χ0v) is 18.9. The number of aromatic hydroxyl groups is 1. The van der Waals surface area contributed by atoms with Crippen molar-refractivity contribution in [3.8, 4) is 11.5 Å². The Kier molecular flexibility index (Phi) is 13.3. The van der Waals surface area contributed by atoms with Crippen molar-refractivity contribution in [1.82, 2.24) is 0 Å². The number of esters is 1. The largest absolute Gasteiger partial charge is 0.508 e. The van der Waals surface area contributed by atoms with Crippen molar-refractivity contribution in [3.05, 3.63) is 24.3 Å². The number of carbonyl (C=O) groups is 1. The third kappa shape index (κ3) is 15.8. The Hall–Kier alpha value is -1.71. The molecular weight excluding hydrogens is 364 g/mol. The molecule has 0 heterocycles. The summed E-state index contributed by atoms with van der Waals surface area (Å²) in [5.74, 6) is 1.03. The first-order valence-electron chi connectivity index (χ1n) is 11.5. The van der Waals surface area contributed by atoms with Gasteiger partial charge >= 0.3 is 5.97 Å². The van der Waals surface area contributed by atoms with E-state index in [4.69, 9.17) is 9.47 Å². The molecule has 0 saturated heterocycles. The highest BCUT2D eigenvalue weighted by atomic mass is 16.6. The Bertz CT molecular complexity index is 531. The van der Waals surface area contributed by atoms with Gasteiger partial charge in [-0.15, -0.1) is 0 Å². The SMILES string of the molecule is CC(C)(C)OC(=O)CCCCCCCCCCCCCCOc1ccc(O)cc1. The fraction of sp³-hybridized carbons (Fsp3) is 0.720. The Balaban J connectivity index is 1.78. The van der Waals surface area contributed by atoms with E-state index in [-0.39, 0.29) is 17.3 Å². The monoisotopic (exact) mass is 406 g/mol. The van der Waals surface area contributed by atoms with Crippen LogP contribution in [0.3, 0.4) is 0 Å². The second-order valence-electron chi connectivity index (χ2n) is 8.92. The molecule has 0 atom stereocenters. The molecule has 1 rings (SSSR count). The molecule has 0 aliphatic rings. The second-order valence-corrected chi connectivity index (χ2v) is 8.92. The van der Waals surface area contributed by atoms with Crippen molar-refractivity contribution in [3.63, 3.8) is 0 Å². The maximum absolute atomic E-state index is 11.6. The van der Waals surface area contributed by atoms with E-state index < -0.39 is 0 Å². The number of carbonyl (C=O) groups excluding carboxylic acids is 1. The topological polar surface area (TPSA) is 55.8 Å². The molecule has 1 N–H and O–H groups in total. The van der Waals surface area contributed by atoms with Crippen LogP contribution < -0.4 is 4.74 Å². The lowest BCUT2D eigenvalue weighted by molar-refractivity contribution is -0.154. The minimum absolute atomic E-state index is 0.0654. The lowest BCUT2D eigenvalue weighted by Crippen LogP contribution is -2.23. The number of benzene rings is 1. The summed E-state index contributed by atoms with van der Waals surface area (Å²) in [5, 5.41) is 9.23. The second kappa shape index (κ2) is 15.2. The molecule has 1 aromatic carbocycles. The predicted octanol–water partition coefficient (Wildman–Crippen LogP) is 7.18. The third-order valence-corrected chi connectivity index (χ3v) is 4.80. The van der Waals surface area contributed by atoms with E-state index >= 15 is 0 Å². The smallest absolute Gasteiger partial charge is 0.306 e. The lowest BCUT2D eigenvalue weighted by atomic mass is 10.0. The average Bonchev–Trinajstić information content (AvgIpc) is 2.65. The highest BCUT2D eigenvalue weighted by Crippen LogP contribution is 2.17. The molecule has 0 bridgehead atoms. The van der Waals surface area contributed by atoms with Crippen molar-refractivity contribution in [2.75, 3.05) is 6.61 Å². The highest BCUT2D eigenvalue weighted by molar-refractivity contribution is 5.69. The molecule has 0 fully saturated rings. The number of ether oxygens (including phenoxy) is 2. The fourth-order valence-corrected chi connectivity index (χ4v) is 3.26. The quantitative estimate of drug-likeness (QED) is 0.233. The highest BCUT2D eigenvalue weighted by Gasteiger charge is 2.15. The minimum atomic E-state index is -0.362. The number of unbranched alkanes of at least 4 members (excludes halogenated alkanes) is 11. The lowest BCUT2D eigenvalue weighted by Gasteiger charge is -2.19. The Labute approximate surface area is 178 Å². The van der Waals surface area contributed by atoms with E-state index in [0.717, 1.165) is 31.6 Å². The van der Waals surface area contributed by atoms with Crippen molar-refractivity contribution in [2.45, 2.75) is 110 Å². The molecule has 0 aliphatic heterocycles. The molecule has 0 unspecified atom stereocenters. The number of phenols is 1. The van der Waals surface area contributed by atoms with Gasteiger partial charge in [-0.1, -0.05) is 64.2 Å². The summed E-state index contributed by atoms with van der Waals surface area (Å²) in [6.45, 7) is 6.50. The Morgan fingerprint density at radius 1 is 0.759 bits per heavy atom. The van der Waals surface area contributed by atoms with Crippen LogP contribution in [0, 0.1) is 0 Å². The van der Waals surface area contributed by atoms with Gasteiger partial charge < -0.3 is 14.6 Å². The Morgan fingerprint density at radius 2 is 1.21 bits per heavy atom. The van der Waals surface area contributed by atoms with Crippen LogP contribution in [0.1, 0.15) is 104 Å². The van der Waals surface area contributed by atoms with E-state index in [2.05, 4.69) is 0 Å². The van der Waals surface area contributed by atoms with Gasteiger partial charge in [0.2, 0.25) is 0 Å². The standard InChI is InChI=1S/C25H42O4/c1-25(2,3)29-24(27)16-14-12-10-8-6-4-5-7-9-11-13-15-21-28-23-19-17-22(26)18-20-23/h17-20,26H,4-16,21H2,1-3H3. The first-order valence-corrected chi connectivity index (χ1v) is 11.5. The number of hydrogen-bond acceptors (Lipinski definition) is 4. The van der Waals surface area contributed by atoms with Crippen LogP contribution in [0.2, 0.25) is 0 Å². The van der Waals surface area contributed by atoms with Crippen LogP contribution in [-0.2, 0) is 9.53 Å². The molecule has 4 heteroatoms. The van der Waals surface area contributed by atoms with Crippen LogP contribution in [0.15, 0.2) is 24.3 Å². The Morgan fingerprint density at radius 3 is 1.69 bits per heavy atom. The molecule has 0 saturated carbocycles. The first kappa shape index (κ1) is 25.3. The van der Waals surface area contributed by atoms with Crippen LogP contribution >= 0.6 is 0 Å². The average molecular weight is 407 g/mol. The third-order valence-electron chi connectivity index (χ3n) is 4.80. The fourth-order valence-electron chi connectivity index (χ4n) is 3.26. The van der Waals surface area contributed by atoms with E-state index in [1.54, 1.807) is 24.3 Å². The minimum Gasteiger partial charge on any atom is -0.508 e. The summed E-state index contributed by atoms with van der Waals surface area (Å²) < 4.78 is 11.0. The predicted molar refractivity (Wildman–Crippen MR) is 119 cm³/mol. The summed E-state index contributed by atoms with van der Waals surface area (Å²) in [5.41, 5.74) is -0.362. The van der Waals surface area contributed by atoms with Crippen molar-refractivity contribution < 1.29 is 19.4 Å². The maximum atomic E-state index is 11.6. The molecule has 0 spiro atoms. The van der Waals surface area contributed by atoms with Gasteiger partial charge in [-0.05, 0) is 57.9 Å². The summed E-state index contributed by atoms with van der Waals surface area (Å²) in [7, 11) is 0. The molecule has 0 aromatic heterocycles. The molecule has 0 aliphatic carbocycles. The van der Waals surface area contributed by atoms with Crippen LogP contribution in [0.5, 0.6) is 11.5 Å². The molecule has 0 amide bonds. The molecule has 1 aromatic rings. The zero-order chi connectivity index (χ0) is 21.4. The van der Waals surface area contributed by atoms with Gasteiger partial charge in [-0.2, -0.15) is 0 Å². The van der Waals surface area contributed by atoms with Gasteiger partial charge in [-0.3, -0.25) is 4.79 Å². The number of hydrogen-bond donors (Lipinski definition) is 1. The van der Waals surface area contributed by atoms with Gasteiger partial charge in [0.25, 0.3) is 0 Å². The van der Waals surface area contributed by atoms with E-state index in [9.17, 15) is 9.90 Å². The molecule has 0 radical (unpaired) electrons. The first-order chi connectivity index (χ1) is 13.9. The van der Waals surface area contributed by atoms with Gasteiger partial charge in [0.05, 0.1) is 6.61 Å². The van der Waals surface area contributed by atoms with Crippen LogP contribution in [0.4, 0.5) is 0 Å². The summed E-state index contributed by atoms with van der Waals surface area (Å²) in [6.07, 6.45) is 15.3. The van der Waals surface area contributed by atoms with Gasteiger partial charge in [0.15, 0.2) is 0 Å². The normalized spacial score (nSPS) is 11.4. The zero-order valence-electron chi connectivity index (χ0n) is 18.9. The molecule has 29 heavy (non-hydrogen) atoms. The van der Waals surface area contributed by atoms with Crippen LogP contribution in [-0.4, -0.2) is 23.3 Å².